The Balaban J connectivity index is 0.00000306. The fourth-order valence-electron chi connectivity index (χ4n) is 4.35. The zero-order chi connectivity index (χ0) is 22.2. The molecule has 4 rings (SSSR count). The molecule has 0 aliphatic carbocycles. The predicted octanol–water partition coefficient (Wildman–Crippen LogP) is 5.08. The standard InChI is InChI=1S/C27H33N5.HI/c1-21-17-25(14-16-32(21)20-22-9-4-3-5-10-22)31-27(28-2)30-19-23-11-8-12-24(18-23)26-13-6-7-15-29-26;/h3-13,15,18,21,25H,14,16-17,19-20H2,1-2H3,(H2,28,30,31);1H. The van der Waals surface area contributed by atoms with Crippen molar-refractivity contribution < 1.29 is 0 Å². The fraction of sp³-hybridized carbons (Fsp3) is 0.333. The summed E-state index contributed by atoms with van der Waals surface area (Å²) in [6.07, 6.45) is 4.06. The second-order valence-electron chi connectivity index (χ2n) is 8.51. The smallest absolute Gasteiger partial charge is 0.191 e. The highest BCUT2D eigenvalue weighted by Gasteiger charge is 2.25. The molecule has 174 valence electrons. The number of hydrogen-bond donors (Lipinski definition) is 2. The summed E-state index contributed by atoms with van der Waals surface area (Å²) in [4.78, 5) is 11.5. The molecule has 2 unspecified atom stereocenters. The Morgan fingerprint density at radius 2 is 1.82 bits per heavy atom. The van der Waals surface area contributed by atoms with Crippen molar-refractivity contribution in [1.29, 1.82) is 0 Å². The van der Waals surface area contributed by atoms with Crippen molar-refractivity contribution >= 4 is 29.9 Å². The number of hydrogen-bond acceptors (Lipinski definition) is 3. The van der Waals surface area contributed by atoms with E-state index in [1.807, 2.05) is 31.4 Å². The molecule has 0 bridgehead atoms. The van der Waals surface area contributed by atoms with E-state index in [-0.39, 0.29) is 24.0 Å². The lowest BCUT2D eigenvalue weighted by atomic mass is 9.97. The first kappa shape index (κ1) is 25.2. The third-order valence-electron chi connectivity index (χ3n) is 6.15. The summed E-state index contributed by atoms with van der Waals surface area (Å²) in [5.74, 6) is 0.863. The minimum absolute atomic E-state index is 0. The van der Waals surface area contributed by atoms with Crippen LogP contribution >= 0.6 is 24.0 Å². The molecule has 2 heterocycles. The summed E-state index contributed by atoms with van der Waals surface area (Å²) in [5.41, 5.74) is 4.72. The number of aliphatic imine (C=N–C) groups is 1. The van der Waals surface area contributed by atoms with Gasteiger partial charge in [0.15, 0.2) is 5.96 Å². The Morgan fingerprint density at radius 1 is 1.03 bits per heavy atom. The molecule has 1 saturated heterocycles. The van der Waals surface area contributed by atoms with Crippen molar-refractivity contribution in [3.63, 3.8) is 0 Å². The molecule has 0 saturated carbocycles. The van der Waals surface area contributed by atoms with E-state index in [0.29, 0.717) is 12.1 Å². The van der Waals surface area contributed by atoms with Gasteiger partial charge in [0.2, 0.25) is 0 Å². The van der Waals surface area contributed by atoms with Gasteiger partial charge < -0.3 is 10.6 Å². The fourth-order valence-corrected chi connectivity index (χ4v) is 4.35. The van der Waals surface area contributed by atoms with Gasteiger partial charge in [-0.15, -0.1) is 24.0 Å². The van der Waals surface area contributed by atoms with Crippen molar-refractivity contribution in [3.8, 4) is 11.3 Å². The SMILES string of the molecule is CN=C(NCc1cccc(-c2ccccn2)c1)NC1CCN(Cc2ccccc2)C(C)C1.I. The van der Waals surface area contributed by atoms with Crippen LogP contribution in [0.15, 0.2) is 84.0 Å². The van der Waals surface area contributed by atoms with Gasteiger partial charge in [-0.1, -0.05) is 54.6 Å². The Hall–Kier alpha value is -2.45. The summed E-state index contributed by atoms with van der Waals surface area (Å²) in [7, 11) is 1.84. The molecule has 3 aromatic rings. The van der Waals surface area contributed by atoms with Crippen LogP contribution in [0.1, 0.15) is 30.9 Å². The number of nitrogens with one attached hydrogen (secondary N) is 2. The number of nitrogens with zero attached hydrogens (tertiary/aromatic N) is 3. The highest BCUT2D eigenvalue weighted by molar-refractivity contribution is 14.0. The number of piperidine rings is 1. The highest BCUT2D eigenvalue weighted by atomic mass is 127. The van der Waals surface area contributed by atoms with E-state index in [9.17, 15) is 0 Å². The molecule has 1 fully saturated rings. The van der Waals surface area contributed by atoms with Crippen molar-refractivity contribution in [2.24, 2.45) is 4.99 Å². The van der Waals surface area contributed by atoms with Crippen LogP contribution in [0.5, 0.6) is 0 Å². The van der Waals surface area contributed by atoms with E-state index in [4.69, 9.17) is 0 Å². The van der Waals surface area contributed by atoms with Crippen LogP contribution in [0, 0.1) is 0 Å². The van der Waals surface area contributed by atoms with Gasteiger partial charge in [0, 0.05) is 50.5 Å². The minimum Gasteiger partial charge on any atom is -0.354 e. The Labute approximate surface area is 214 Å². The molecule has 6 heteroatoms. The summed E-state index contributed by atoms with van der Waals surface area (Å²) in [5, 5.41) is 7.12. The second-order valence-corrected chi connectivity index (χ2v) is 8.51. The van der Waals surface area contributed by atoms with Crippen LogP contribution in [0.3, 0.4) is 0 Å². The van der Waals surface area contributed by atoms with Crippen LogP contribution in [-0.4, -0.2) is 41.5 Å². The number of halogens is 1. The van der Waals surface area contributed by atoms with Gasteiger partial charge in [-0.2, -0.15) is 0 Å². The van der Waals surface area contributed by atoms with E-state index in [0.717, 1.165) is 49.7 Å². The first-order valence-corrected chi connectivity index (χ1v) is 11.5. The van der Waals surface area contributed by atoms with E-state index in [1.54, 1.807) is 0 Å². The summed E-state index contributed by atoms with van der Waals surface area (Å²) < 4.78 is 0. The van der Waals surface area contributed by atoms with Gasteiger partial charge in [0.05, 0.1) is 5.69 Å². The number of likely N-dealkylation sites (tertiary alicyclic amines) is 1. The quantitative estimate of drug-likeness (QED) is 0.253. The molecule has 2 aromatic carbocycles. The molecular formula is C27H34IN5. The molecule has 0 spiro atoms. The van der Waals surface area contributed by atoms with Crippen LogP contribution in [0.25, 0.3) is 11.3 Å². The highest BCUT2D eigenvalue weighted by Crippen LogP contribution is 2.20. The first-order chi connectivity index (χ1) is 15.7. The van der Waals surface area contributed by atoms with E-state index >= 15 is 0 Å². The van der Waals surface area contributed by atoms with Gasteiger partial charge in [-0.3, -0.25) is 14.9 Å². The molecule has 1 aliphatic heterocycles. The van der Waals surface area contributed by atoms with Gasteiger partial charge in [0.1, 0.15) is 0 Å². The lowest BCUT2D eigenvalue weighted by Crippen LogP contribution is -2.51. The maximum absolute atomic E-state index is 4.46. The Kier molecular flexibility index (Phi) is 9.69. The largest absolute Gasteiger partial charge is 0.354 e. The second kappa shape index (κ2) is 12.7. The van der Waals surface area contributed by atoms with E-state index < -0.39 is 0 Å². The number of benzene rings is 2. The summed E-state index contributed by atoms with van der Waals surface area (Å²) >= 11 is 0. The summed E-state index contributed by atoms with van der Waals surface area (Å²) in [6, 6.07) is 26.2. The predicted molar refractivity (Wildman–Crippen MR) is 148 cm³/mol. The van der Waals surface area contributed by atoms with Crippen LogP contribution in [0.2, 0.25) is 0 Å². The third-order valence-corrected chi connectivity index (χ3v) is 6.15. The molecule has 33 heavy (non-hydrogen) atoms. The third kappa shape index (κ3) is 7.27. The van der Waals surface area contributed by atoms with Crippen molar-refractivity contribution in [3.05, 3.63) is 90.1 Å². The maximum atomic E-state index is 4.46. The monoisotopic (exact) mass is 555 g/mol. The Bertz CT molecular complexity index is 1010. The van der Waals surface area contributed by atoms with Gasteiger partial charge in [-0.25, -0.2) is 0 Å². The van der Waals surface area contributed by atoms with Crippen molar-refractivity contribution in [1.82, 2.24) is 20.5 Å². The maximum Gasteiger partial charge on any atom is 0.191 e. The summed E-state index contributed by atoms with van der Waals surface area (Å²) in [6.45, 7) is 5.17. The van der Waals surface area contributed by atoms with Gasteiger partial charge in [-0.05, 0) is 49.1 Å². The zero-order valence-corrected chi connectivity index (χ0v) is 21.8. The number of aromatic nitrogens is 1. The molecular weight excluding hydrogens is 521 g/mol. The van der Waals surface area contributed by atoms with Crippen LogP contribution in [-0.2, 0) is 13.1 Å². The molecule has 2 N–H and O–H groups in total. The van der Waals surface area contributed by atoms with Gasteiger partial charge >= 0.3 is 0 Å². The average Bonchev–Trinajstić information content (AvgIpc) is 2.85. The lowest BCUT2D eigenvalue weighted by molar-refractivity contribution is 0.134. The van der Waals surface area contributed by atoms with Crippen LogP contribution < -0.4 is 10.6 Å². The first-order valence-electron chi connectivity index (χ1n) is 11.5. The molecule has 2 atom stereocenters. The van der Waals surface area contributed by atoms with Crippen molar-refractivity contribution in [2.75, 3.05) is 13.6 Å². The average molecular weight is 556 g/mol. The molecule has 1 aromatic heterocycles. The minimum atomic E-state index is 0. The van der Waals surface area contributed by atoms with E-state index in [2.05, 4.69) is 87.0 Å². The number of rotatable bonds is 6. The molecule has 5 nitrogen and oxygen atoms in total. The zero-order valence-electron chi connectivity index (χ0n) is 19.4. The van der Waals surface area contributed by atoms with Crippen molar-refractivity contribution in [2.45, 2.75) is 44.9 Å². The molecule has 0 radical (unpaired) electrons. The number of guanidine groups is 1. The van der Waals surface area contributed by atoms with Gasteiger partial charge in [0.25, 0.3) is 0 Å². The topological polar surface area (TPSA) is 52.6 Å². The molecule has 1 aliphatic rings. The number of pyridine rings is 1. The Morgan fingerprint density at radius 3 is 2.55 bits per heavy atom. The van der Waals surface area contributed by atoms with Crippen LogP contribution in [0.4, 0.5) is 0 Å². The van der Waals surface area contributed by atoms with E-state index in [1.165, 1.54) is 11.1 Å². The normalized spacial score (nSPS) is 18.9. The lowest BCUT2D eigenvalue weighted by Gasteiger charge is -2.38. The molecule has 0 amide bonds.